The van der Waals surface area contributed by atoms with Crippen LogP contribution in [0.3, 0.4) is 0 Å². The number of amides is 3. The number of carbonyl (C=O) groups is 3. The summed E-state index contributed by atoms with van der Waals surface area (Å²) in [5.74, 6) is -0.242. The average molecular weight is 509 g/mol. The first-order chi connectivity index (χ1) is 16.9. The molecule has 35 heavy (non-hydrogen) atoms. The molecular weight excluding hydrogens is 488 g/mol. The van der Waals surface area contributed by atoms with Crippen LogP contribution in [0, 0.1) is 0 Å². The zero-order valence-corrected chi connectivity index (χ0v) is 20.3. The van der Waals surface area contributed by atoms with Crippen molar-refractivity contribution >= 4 is 52.2 Å². The van der Waals surface area contributed by atoms with Crippen LogP contribution in [0.2, 0.25) is 5.02 Å². The van der Waals surface area contributed by atoms with E-state index >= 15 is 0 Å². The Kier molecular flexibility index (Phi) is 7.74. The fraction of sp³-hybridized carbons (Fsp3) is 0.115. The number of nitrogens with zero attached hydrogens (tertiary/aromatic N) is 1. The number of rotatable bonds is 8. The van der Waals surface area contributed by atoms with E-state index in [-0.39, 0.29) is 45.9 Å². The fourth-order valence-electron chi connectivity index (χ4n) is 3.37. The molecule has 1 fully saturated rings. The molecule has 0 aromatic heterocycles. The van der Waals surface area contributed by atoms with Gasteiger partial charge in [-0.05, 0) is 53.2 Å². The molecule has 4 rings (SSSR count). The average Bonchev–Trinajstić information content (AvgIpc) is 3.11. The molecule has 3 amide bonds. The van der Waals surface area contributed by atoms with Crippen LogP contribution < -0.4 is 14.8 Å². The molecular formula is C26H21ClN2O5S. The Hall–Kier alpha value is -3.75. The van der Waals surface area contributed by atoms with E-state index in [4.69, 9.17) is 21.1 Å². The van der Waals surface area contributed by atoms with Gasteiger partial charge in [-0.15, -0.1) is 0 Å². The van der Waals surface area contributed by atoms with E-state index in [1.807, 2.05) is 48.5 Å². The van der Waals surface area contributed by atoms with E-state index in [1.54, 1.807) is 30.3 Å². The van der Waals surface area contributed by atoms with Crippen molar-refractivity contribution < 1.29 is 23.9 Å². The number of benzene rings is 3. The standard InChI is InChI=1S/C26H21ClN2O5S/c1-33-21-13-18(12-20(27)24(21)34-16-23(30)28-19-10-6-3-7-11-19)14-22-25(31)29(26(32)35-22)15-17-8-4-2-5-9-17/h2-14H,15-16H2,1H3,(H,28,30)/b22-14-. The number of anilines is 1. The van der Waals surface area contributed by atoms with Gasteiger partial charge in [-0.3, -0.25) is 19.3 Å². The van der Waals surface area contributed by atoms with E-state index in [9.17, 15) is 14.4 Å². The highest BCUT2D eigenvalue weighted by Crippen LogP contribution is 2.39. The monoisotopic (exact) mass is 508 g/mol. The van der Waals surface area contributed by atoms with Crippen LogP contribution in [0.4, 0.5) is 10.5 Å². The van der Waals surface area contributed by atoms with Crippen LogP contribution in [0.5, 0.6) is 11.5 Å². The zero-order valence-electron chi connectivity index (χ0n) is 18.7. The summed E-state index contributed by atoms with van der Waals surface area (Å²) in [5, 5.41) is 2.59. The number of carbonyl (C=O) groups excluding carboxylic acids is 3. The third-order valence-electron chi connectivity index (χ3n) is 5.01. The minimum Gasteiger partial charge on any atom is -0.493 e. The lowest BCUT2D eigenvalue weighted by molar-refractivity contribution is -0.123. The minimum absolute atomic E-state index is 0.199. The number of ether oxygens (including phenoxy) is 2. The van der Waals surface area contributed by atoms with Crippen LogP contribution in [-0.4, -0.2) is 35.7 Å². The van der Waals surface area contributed by atoms with Crippen LogP contribution >= 0.6 is 23.4 Å². The maximum absolute atomic E-state index is 12.8. The number of methoxy groups -OCH3 is 1. The van der Waals surface area contributed by atoms with Crippen molar-refractivity contribution in [2.24, 2.45) is 0 Å². The normalized spacial score (nSPS) is 14.3. The molecule has 0 saturated carbocycles. The van der Waals surface area contributed by atoms with Crippen molar-refractivity contribution in [2.45, 2.75) is 6.54 Å². The molecule has 0 unspecified atom stereocenters. The molecule has 0 bridgehead atoms. The summed E-state index contributed by atoms with van der Waals surface area (Å²) in [5.41, 5.74) is 2.06. The van der Waals surface area contributed by atoms with Crippen molar-refractivity contribution in [3.63, 3.8) is 0 Å². The van der Waals surface area contributed by atoms with Gasteiger partial charge in [0.05, 0.1) is 23.6 Å². The summed E-state index contributed by atoms with van der Waals surface area (Å²) >= 11 is 7.27. The molecule has 0 radical (unpaired) electrons. The first kappa shape index (κ1) is 24.4. The molecule has 9 heteroatoms. The SMILES string of the molecule is COc1cc(/C=C2\SC(=O)N(Cc3ccccc3)C2=O)cc(Cl)c1OCC(=O)Nc1ccccc1. The number of hydrogen-bond donors (Lipinski definition) is 1. The Labute approximate surface area is 211 Å². The van der Waals surface area contributed by atoms with Gasteiger partial charge in [0, 0.05) is 5.69 Å². The van der Waals surface area contributed by atoms with Gasteiger partial charge in [0.25, 0.3) is 17.1 Å². The summed E-state index contributed by atoms with van der Waals surface area (Å²) in [4.78, 5) is 39.0. The van der Waals surface area contributed by atoms with Crippen molar-refractivity contribution in [2.75, 3.05) is 19.0 Å². The lowest BCUT2D eigenvalue weighted by Gasteiger charge is -2.14. The number of thioether (sulfide) groups is 1. The Morgan fingerprint density at radius 1 is 1.06 bits per heavy atom. The molecule has 3 aromatic carbocycles. The quantitative estimate of drug-likeness (QED) is 0.398. The molecule has 0 atom stereocenters. The molecule has 7 nitrogen and oxygen atoms in total. The Bertz CT molecular complexity index is 1280. The Morgan fingerprint density at radius 3 is 2.43 bits per heavy atom. The van der Waals surface area contributed by atoms with Crippen molar-refractivity contribution in [3.8, 4) is 11.5 Å². The summed E-state index contributed by atoms with van der Waals surface area (Å²) < 4.78 is 11.0. The smallest absolute Gasteiger partial charge is 0.293 e. The minimum atomic E-state index is -0.378. The number of imide groups is 1. The maximum Gasteiger partial charge on any atom is 0.293 e. The largest absolute Gasteiger partial charge is 0.493 e. The van der Waals surface area contributed by atoms with Crippen LogP contribution in [0.15, 0.2) is 77.7 Å². The molecule has 1 aliphatic rings. The highest BCUT2D eigenvalue weighted by atomic mass is 35.5. The van der Waals surface area contributed by atoms with Crippen molar-refractivity contribution in [3.05, 3.63) is 93.9 Å². The molecule has 1 heterocycles. The number of hydrogen-bond acceptors (Lipinski definition) is 6. The first-order valence-corrected chi connectivity index (χ1v) is 11.8. The second-order valence-electron chi connectivity index (χ2n) is 7.49. The van der Waals surface area contributed by atoms with E-state index in [0.29, 0.717) is 17.0 Å². The predicted octanol–water partition coefficient (Wildman–Crippen LogP) is 5.60. The molecule has 1 saturated heterocycles. The van der Waals surface area contributed by atoms with Gasteiger partial charge in [0.2, 0.25) is 0 Å². The topological polar surface area (TPSA) is 84.9 Å². The molecule has 178 valence electrons. The van der Waals surface area contributed by atoms with Gasteiger partial charge in [-0.25, -0.2) is 0 Å². The zero-order chi connectivity index (χ0) is 24.8. The number of para-hydroxylation sites is 1. The first-order valence-electron chi connectivity index (χ1n) is 10.6. The predicted molar refractivity (Wildman–Crippen MR) is 137 cm³/mol. The van der Waals surface area contributed by atoms with Crippen LogP contribution in [-0.2, 0) is 16.1 Å². The summed E-state index contributed by atoms with van der Waals surface area (Å²) in [6.07, 6.45) is 1.58. The maximum atomic E-state index is 12.8. The summed E-state index contributed by atoms with van der Waals surface area (Å²) in [7, 11) is 1.44. The summed E-state index contributed by atoms with van der Waals surface area (Å²) in [6, 6.07) is 21.5. The van der Waals surface area contributed by atoms with Crippen LogP contribution in [0.25, 0.3) is 6.08 Å². The second kappa shape index (κ2) is 11.1. The molecule has 0 aliphatic carbocycles. The van der Waals surface area contributed by atoms with E-state index in [0.717, 1.165) is 17.3 Å². The fourth-order valence-corrected chi connectivity index (χ4v) is 4.49. The van der Waals surface area contributed by atoms with E-state index in [2.05, 4.69) is 5.32 Å². The molecule has 0 spiro atoms. The lowest BCUT2D eigenvalue weighted by Crippen LogP contribution is -2.27. The lowest BCUT2D eigenvalue weighted by atomic mass is 10.1. The molecule has 1 aliphatic heterocycles. The van der Waals surface area contributed by atoms with Gasteiger partial charge in [-0.1, -0.05) is 60.1 Å². The summed E-state index contributed by atoms with van der Waals surface area (Å²) in [6.45, 7) is -0.0759. The van der Waals surface area contributed by atoms with Crippen molar-refractivity contribution in [1.82, 2.24) is 4.90 Å². The highest BCUT2D eigenvalue weighted by molar-refractivity contribution is 8.18. The van der Waals surface area contributed by atoms with Gasteiger partial charge in [-0.2, -0.15) is 0 Å². The Balaban J connectivity index is 1.47. The third-order valence-corrected chi connectivity index (χ3v) is 6.20. The molecule has 1 N–H and O–H groups in total. The number of halogens is 1. The van der Waals surface area contributed by atoms with E-state index < -0.39 is 0 Å². The van der Waals surface area contributed by atoms with Crippen LogP contribution in [0.1, 0.15) is 11.1 Å². The third kappa shape index (κ3) is 6.03. The van der Waals surface area contributed by atoms with Gasteiger partial charge in [0.15, 0.2) is 18.1 Å². The van der Waals surface area contributed by atoms with Gasteiger partial charge >= 0.3 is 0 Å². The van der Waals surface area contributed by atoms with Crippen molar-refractivity contribution in [1.29, 1.82) is 0 Å². The van der Waals surface area contributed by atoms with Gasteiger partial charge < -0.3 is 14.8 Å². The molecule has 3 aromatic rings. The van der Waals surface area contributed by atoms with E-state index in [1.165, 1.54) is 12.0 Å². The second-order valence-corrected chi connectivity index (χ2v) is 8.89. The number of nitrogens with one attached hydrogen (secondary N) is 1. The highest BCUT2D eigenvalue weighted by Gasteiger charge is 2.35. The Morgan fingerprint density at radius 2 is 1.74 bits per heavy atom. The van der Waals surface area contributed by atoms with Gasteiger partial charge in [0.1, 0.15) is 0 Å².